The van der Waals surface area contributed by atoms with Gasteiger partial charge < -0.3 is 14.2 Å². The molecular weight excluding hydrogens is 276 g/mol. The molecule has 20 heavy (non-hydrogen) atoms. The van der Waals surface area contributed by atoms with Crippen LogP contribution in [0.25, 0.3) is 0 Å². The van der Waals surface area contributed by atoms with Gasteiger partial charge in [0.1, 0.15) is 0 Å². The Bertz CT molecular complexity index is 300. The van der Waals surface area contributed by atoms with Gasteiger partial charge in [0.2, 0.25) is 0 Å². The summed E-state index contributed by atoms with van der Waals surface area (Å²) >= 11 is 1.39. The Labute approximate surface area is 126 Å². The molecule has 0 aromatic heterocycles. The SMILES string of the molecule is CCOC1(OCC)CC[C@@H](C(=O)SCC)[C@@H](C(C)C)O1. The predicted molar refractivity (Wildman–Crippen MR) is 81.6 cm³/mol. The molecular formula is C15H28O4S. The van der Waals surface area contributed by atoms with Crippen LogP contribution in [0.4, 0.5) is 0 Å². The zero-order valence-electron chi connectivity index (χ0n) is 13.3. The minimum atomic E-state index is -0.966. The van der Waals surface area contributed by atoms with Crippen LogP contribution < -0.4 is 0 Å². The molecule has 0 bridgehead atoms. The third kappa shape index (κ3) is 4.45. The van der Waals surface area contributed by atoms with Crippen LogP contribution >= 0.6 is 11.8 Å². The van der Waals surface area contributed by atoms with Gasteiger partial charge in [-0.1, -0.05) is 32.5 Å². The van der Waals surface area contributed by atoms with Crippen molar-refractivity contribution in [2.45, 2.75) is 59.5 Å². The molecule has 0 unspecified atom stereocenters. The highest BCUT2D eigenvalue weighted by Crippen LogP contribution is 2.39. The van der Waals surface area contributed by atoms with E-state index in [-0.39, 0.29) is 23.1 Å². The zero-order valence-corrected chi connectivity index (χ0v) is 14.1. The summed E-state index contributed by atoms with van der Waals surface area (Å²) in [6.45, 7) is 11.1. The minimum Gasteiger partial charge on any atom is -0.328 e. The maximum absolute atomic E-state index is 12.2. The highest BCUT2D eigenvalue weighted by molar-refractivity contribution is 8.13. The summed E-state index contributed by atoms with van der Waals surface area (Å²) in [5.74, 6) is 0.0323. The third-order valence-electron chi connectivity index (χ3n) is 3.45. The van der Waals surface area contributed by atoms with Crippen LogP contribution in [0.15, 0.2) is 0 Å². The maximum atomic E-state index is 12.2. The summed E-state index contributed by atoms with van der Waals surface area (Å²) in [6, 6.07) is 0. The molecule has 0 spiro atoms. The summed E-state index contributed by atoms with van der Waals surface area (Å²) in [4.78, 5) is 12.2. The molecule has 2 atom stereocenters. The zero-order chi connectivity index (χ0) is 15.2. The number of carbonyl (C=O) groups is 1. The second-order valence-electron chi connectivity index (χ2n) is 5.27. The topological polar surface area (TPSA) is 44.8 Å². The Hall–Kier alpha value is -0.100. The van der Waals surface area contributed by atoms with Gasteiger partial charge in [0.25, 0.3) is 5.97 Å². The number of rotatable bonds is 7. The minimum absolute atomic E-state index is 0.0611. The maximum Gasteiger partial charge on any atom is 0.283 e. The van der Waals surface area contributed by atoms with Crippen molar-refractivity contribution in [2.24, 2.45) is 11.8 Å². The molecule has 5 heteroatoms. The molecule has 1 rings (SSSR count). The Kier molecular flexibility index (Phi) is 7.51. The molecule has 118 valence electrons. The average Bonchev–Trinajstić information content (AvgIpc) is 2.39. The van der Waals surface area contributed by atoms with E-state index in [0.29, 0.717) is 19.6 Å². The first-order valence-electron chi connectivity index (χ1n) is 7.62. The highest BCUT2D eigenvalue weighted by atomic mass is 32.2. The predicted octanol–water partition coefficient (Wildman–Crippen LogP) is 3.44. The van der Waals surface area contributed by atoms with Crippen LogP contribution in [0.1, 0.15) is 47.5 Å². The van der Waals surface area contributed by atoms with E-state index in [4.69, 9.17) is 14.2 Å². The number of carbonyl (C=O) groups excluding carboxylic acids is 1. The van der Waals surface area contributed by atoms with Crippen LogP contribution in [0.2, 0.25) is 0 Å². The number of ether oxygens (including phenoxy) is 3. The van der Waals surface area contributed by atoms with Gasteiger partial charge in [-0.05, 0) is 31.9 Å². The van der Waals surface area contributed by atoms with Crippen LogP contribution in [-0.2, 0) is 19.0 Å². The van der Waals surface area contributed by atoms with E-state index in [9.17, 15) is 4.79 Å². The van der Waals surface area contributed by atoms with Gasteiger partial charge in [0.15, 0.2) is 5.12 Å². The fourth-order valence-corrected chi connectivity index (χ4v) is 3.39. The monoisotopic (exact) mass is 304 g/mol. The van der Waals surface area contributed by atoms with E-state index in [1.807, 2.05) is 20.8 Å². The van der Waals surface area contributed by atoms with Gasteiger partial charge in [-0.15, -0.1) is 0 Å². The smallest absolute Gasteiger partial charge is 0.283 e. The normalized spacial score (nSPS) is 25.9. The molecule has 0 saturated carbocycles. The average molecular weight is 304 g/mol. The molecule has 0 aromatic rings. The molecule has 0 amide bonds. The molecule has 1 aliphatic heterocycles. The number of hydrogen-bond donors (Lipinski definition) is 0. The second kappa shape index (κ2) is 8.37. The summed E-state index contributed by atoms with van der Waals surface area (Å²) in [7, 11) is 0. The second-order valence-corrected chi connectivity index (χ2v) is 6.54. The van der Waals surface area contributed by atoms with Crippen molar-refractivity contribution < 1.29 is 19.0 Å². The number of thioether (sulfide) groups is 1. The molecule has 4 nitrogen and oxygen atoms in total. The van der Waals surface area contributed by atoms with Crippen molar-refractivity contribution >= 4 is 16.9 Å². The Morgan fingerprint density at radius 2 is 1.90 bits per heavy atom. The molecule has 1 saturated heterocycles. The molecule has 0 N–H and O–H groups in total. The molecule has 0 radical (unpaired) electrons. The first-order chi connectivity index (χ1) is 9.49. The van der Waals surface area contributed by atoms with Crippen molar-refractivity contribution in [3.05, 3.63) is 0 Å². The summed E-state index contributed by atoms with van der Waals surface area (Å²) in [6.07, 6.45) is 1.22. The standard InChI is InChI=1S/C15H28O4S/c1-6-17-15(18-7-2)10-9-12(14(16)20-8-3)13(19-15)11(4)5/h11-13H,6-10H2,1-5H3/t12-,13-/m1/s1. The highest BCUT2D eigenvalue weighted by Gasteiger charge is 2.46. The molecule has 1 heterocycles. The summed E-state index contributed by atoms with van der Waals surface area (Å²) in [5, 5.41) is 0.229. The van der Waals surface area contributed by atoms with Gasteiger partial charge in [-0.2, -0.15) is 0 Å². The third-order valence-corrected chi connectivity index (χ3v) is 4.32. The van der Waals surface area contributed by atoms with Crippen molar-refractivity contribution in [1.29, 1.82) is 0 Å². The van der Waals surface area contributed by atoms with Crippen LogP contribution in [0.5, 0.6) is 0 Å². The Morgan fingerprint density at radius 3 is 2.35 bits per heavy atom. The van der Waals surface area contributed by atoms with Crippen molar-refractivity contribution in [1.82, 2.24) is 0 Å². The summed E-state index contributed by atoms with van der Waals surface area (Å²) in [5.41, 5.74) is 0. The van der Waals surface area contributed by atoms with Gasteiger partial charge in [0.05, 0.1) is 12.0 Å². The van der Waals surface area contributed by atoms with E-state index in [2.05, 4.69) is 13.8 Å². The van der Waals surface area contributed by atoms with Gasteiger partial charge >= 0.3 is 0 Å². The van der Waals surface area contributed by atoms with E-state index in [1.54, 1.807) is 0 Å². The fourth-order valence-electron chi connectivity index (χ4n) is 2.64. The lowest BCUT2D eigenvalue weighted by atomic mass is 9.87. The lowest BCUT2D eigenvalue weighted by Crippen LogP contribution is -2.52. The molecule has 1 fully saturated rings. The van der Waals surface area contributed by atoms with Gasteiger partial charge in [-0.3, -0.25) is 4.79 Å². The van der Waals surface area contributed by atoms with Crippen molar-refractivity contribution in [2.75, 3.05) is 19.0 Å². The molecule has 1 aliphatic rings. The van der Waals surface area contributed by atoms with Crippen molar-refractivity contribution in [3.8, 4) is 0 Å². The lowest BCUT2D eigenvalue weighted by Gasteiger charge is -2.44. The Balaban J connectivity index is 2.85. The largest absolute Gasteiger partial charge is 0.328 e. The number of hydrogen-bond acceptors (Lipinski definition) is 5. The van der Waals surface area contributed by atoms with Crippen molar-refractivity contribution in [3.63, 3.8) is 0 Å². The lowest BCUT2D eigenvalue weighted by molar-refractivity contribution is -0.413. The quantitative estimate of drug-likeness (QED) is 0.674. The van der Waals surface area contributed by atoms with Crippen LogP contribution in [0.3, 0.4) is 0 Å². The van der Waals surface area contributed by atoms with Crippen LogP contribution in [0, 0.1) is 11.8 Å². The molecule has 0 aliphatic carbocycles. The Morgan fingerprint density at radius 1 is 1.30 bits per heavy atom. The van der Waals surface area contributed by atoms with Gasteiger partial charge in [-0.25, -0.2) is 0 Å². The first-order valence-corrected chi connectivity index (χ1v) is 8.60. The fraction of sp³-hybridized carbons (Fsp3) is 0.933. The van der Waals surface area contributed by atoms with E-state index >= 15 is 0 Å². The summed E-state index contributed by atoms with van der Waals surface area (Å²) < 4.78 is 17.6. The first kappa shape index (κ1) is 18.0. The van der Waals surface area contributed by atoms with E-state index in [1.165, 1.54) is 11.8 Å². The van der Waals surface area contributed by atoms with E-state index < -0.39 is 5.97 Å². The van der Waals surface area contributed by atoms with Gasteiger partial charge in [0, 0.05) is 19.6 Å². The van der Waals surface area contributed by atoms with E-state index in [0.717, 1.165) is 12.2 Å². The van der Waals surface area contributed by atoms with Crippen LogP contribution in [-0.4, -0.2) is 36.2 Å². The molecule has 0 aromatic carbocycles.